The van der Waals surface area contributed by atoms with Gasteiger partial charge in [0.1, 0.15) is 0 Å². The molecule has 25 heavy (non-hydrogen) atoms. The van der Waals surface area contributed by atoms with Gasteiger partial charge >= 0.3 is 0 Å². The van der Waals surface area contributed by atoms with Gasteiger partial charge in [-0.25, -0.2) is 0 Å². The second-order valence-corrected chi connectivity index (χ2v) is 7.23. The maximum absolute atomic E-state index is 12.5. The molecular formula is C18H23N5O2. The summed E-state index contributed by atoms with van der Waals surface area (Å²) < 4.78 is 7.72. The first kappa shape index (κ1) is 16.2. The van der Waals surface area contributed by atoms with Gasteiger partial charge in [0.05, 0.1) is 30.2 Å². The smallest absolute Gasteiger partial charge is 0.257 e. The molecule has 0 aromatic carbocycles. The van der Waals surface area contributed by atoms with E-state index in [4.69, 9.17) is 4.74 Å². The van der Waals surface area contributed by atoms with Crippen LogP contribution in [0.3, 0.4) is 0 Å². The van der Waals surface area contributed by atoms with Crippen molar-refractivity contribution < 1.29 is 9.53 Å². The lowest BCUT2D eigenvalue weighted by atomic mass is 9.76. The molecule has 2 fully saturated rings. The number of amides is 1. The molecule has 0 bridgehead atoms. The summed E-state index contributed by atoms with van der Waals surface area (Å²) in [5, 5.41) is 4.09. The van der Waals surface area contributed by atoms with Crippen LogP contribution in [0.5, 0.6) is 0 Å². The molecule has 0 unspecified atom stereocenters. The van der Waals surface area contributed by atoms with Crippen LogP contribution in [0.25, 0.3) is 0 Å². The molecule has 7 nitrogen and oxygen atoms in total. The number of nitrogens with zero attached hydrogens (tertiary/aromatic N) is 5. The fourth-order valence-corrected chi connectivity index (χ4v) is 3.94. The normalized spacial score (nSPS) is 22.4. The van der Waals surface area contributed by atoms with E-state index in [-0.39, 0.29) is 17.4 Å². The van der Waals surface area contributed by atoms with E-state index in [1.165, 1.54) is 0 Å². The van der Waals surface area contributed by atoms with Gasteiger partial charge in [0.15, 0.2) is 0 Å². The molecule has 0 N–H and O–H groups in total. The number of aromatic nitrogens is 4. The number of hydrogen-bond acceptors (Lipinski definition) is 5. The van der Waals surface area contributed by atoms with Crippen LogP contribution in [0.2, 0.25) is 0 Å². The van der Waals surface area contributed by atoms with Crippen LogP contribution in [-0.2, 0) is 18.2 Å². The summed E-state index contributed by atoms with van der Waals surface area (Å²) in [7, 11) is 1.83. The number of rotatable bonds is 3. The van der Waals surface area contributed by atoms with Crippen LogP contribution in [0.1, 0.15) is 35.3 Å². The highest BCUT2D eigenvalue weighted by molar-refractivity contribution is 5.93. The molecule has 2 aliphatic heterocycles. The first-order valence-electron chi connectivity index (χ1n) is 8.78. The first-order valence-corrected chi connectivity index (χ1v) is 8.78. The standard InChI is InChI=1S/C18H23N5O2/c1-22-12-14(10-21-22)17(24)23-6-2-18(3-7-23)9-16(25-13-18)8-15-11-19-4-5-20-15/h4-5,10-12,16H,2-3,6-9,13H2,1H3/t16-/m1/s1. The van der Waals surface area contributed by atoms with E-state index in [2.05, 4.69) is 15.1 Å². The van der Waals surface area contributed by atoms with Crippen molar-refractivity contribution in [1.82, 2.24) is 24.6 Å². The van der Waals surface area contributed by atoms with E-state index in [0.717, 1.165) is 51.1 Å². The van der Waals surface area contributed by atoms with E-state index < -0.39 is 0 Å². The largest absolute Gasteiger partial charge is 0.377 e. The minimum Gasteiger partial charge on any atom is -0.377 e. The molecule has 4 heterocycles. The van der Waals surface area contributed by atoms with E-state index in [1.807, 2.05) is 18.1 Å². The van der Waals surface area contributed by atoms with Crippen molar-refractivity contribution in [3.63, 3.8) is 0 Å². The molecule has 1 amide bonds. The Labute approximate surface area is 147 Å². The maximum atomic E-state index is 12.5. The Morgan fingerprint density at radius 1 is 1.32 bits per heavy atom. The topological polar surface area (TPSA) is 73.1 Å². The quantitative estimate of drug-likeness (QED) is 0.845. The summed E-state index contributed by atoms with van der Waals surface area (Å²) in [6.45, 7) is 2.36. The van der Waals surface area contributed by atoms with Crippen LogP contribution in [0.15, 0.2) is 31.0 Å². The van der Waals surface area contributed by atoms with Gasteiger partial charge in [0.2, 0.25) is 0 Å². The number of aryl methyl sites for hydroxylation is 1. The van der Waals surface area contributed by atoms with Gasteiger partial charge in [-0.3, -0.25) is 19.4 Å². The summed E-state index contributed by atoms with van der Waals surface area (Å²) in [6, 6.07) is 0. The third-order valence-electron chi connectivity index (χ3n) is 5.40. The maximum Gasteiger partial charge on any atom is 0.257 e. The lowest BCUT2D eigenvalue weighted by Crippen LogP contribution is -2.43. The first-order chi connectivity index (χ1) is 12.1. The van der Waals surface area contributed by atoms with Crippen LogP contribution in [0, 0.1) is 5.41 Å². The predicted molar refractivity (Wildman–Crippen MR) is 90.9 cm³/mol. The van der Waals surface area contributed by atoms with Crippen LogP contribution >= 0.6 is 0 Å². The Bertz CT molecular complexity index is 737. The van der Waals surface area contributed by atoms with Gasteiger partial charge in [0.25, 0.3) is 5.91 Å². The average molecular weight is 341 g/mol. The Morgan fingerprint density at radius 2 is 2.16 bits per heavy atom. The third-order valence-corrected chi connectivity index (χ3v) is 5.40. The van der Waals surface area contributed by atoms with E-state index in [9.17, 15) is 4.79 Å². The zero-order valence-corrected chi connectivity index (χ0v) is 14.5. The predicted octanol–water partition coefficient (Wildman–Crippen LogP) is 1.46. The number of ether oxygens (including phenoxy) is 1. The van der Waals surface area contributed by atoms with Crippen LogP contribution in [0.4, 0.5) is 0 Å². The second kappa shape index (κ2) is 6.55. The average Bonchev–Trinajstić information content (AvgIpc) is 3.23. The van der Waals surface area contributed by atoms with Gasteiger partial charge in [-0.05, 0) is 24.7 Å². The molecule has 7 heteroatoms. The Hall–Kier alpha value is -2.28. The SMILES string of the molecule is Cn1cc(C(=O)N2CCC3(CC2)CO[C@H](Cc2cnccn2)C3)cn1. The molecule has 0 aliphatic carbocycles. The molecule has 2 aromatic heterocycles. The number of carbonyl (C=O) groups is 1. The summed E-state index contributed by atoms with van der Waals surface area (Å²) >= 11 is 0. The van der Waals surface area contributed by atoms with Crippen molar-refractivity contribution >= 4 is 5.91 Å². The molecule has 2 saturated heterocycles. The summed E-state index contributed by atoms with van der Waals surface area (Å²) in [5.74, 6) is 0.0815. The molecule has 0 radical (unpaired) electrons. The summed E-state index contributed by atoms with van der Waals surface area (Å²) in [5.41, 5.74) is 1.86. The van der Waals surface area contributed by atoms with Crippen molar-refractivity contribution in [2.75, 3.05) is 19.7 Å². The molecule has 4 rings (SSSR count). The van der Waals surface area contributed by atoms with Crippen molar-refractivity contribution in [3.8, 4) is 0 Å². The molecule has 2 aromatic rings. The summed E-state index contributed by atoms with van der Waals surface area (Å²) in [6.07, 6.45) is 12.7. The van der Waals surface area contributed by atoms with Gasteiger partial charge in [-0.1, -0.05) is 0 Å². The molecule has 1 atom stereocenters. The number of hydrogen-bond donors (Lipinski definition) is 0. The molecule has 2 aliphatic rings. The Balaban J connectivity index is 1.33. The van der Waals surface area contributed by atoms with Crippen LogP contribution < -0.4 is 0 Å². The van der Waals surface area contributed by atoms with Crippen molar-refractivity contribution in [3.05, 3.63) is 42.2 Å². The molecule has 0 saturated carbocycles. The fraction of sp³-hybridized carbons (Fsp3) is 0.556. The van der Waals surface area contributed by atoms with Gasteiger partial charge in [0, 0.05) is 51.3 Å². The lowest BCUT2D eigenvalue weighted by molar-refractivity contribution is 0.0495. The minimum absolute atomic E-state index is 0.0815. The monoisotopic (exact) mass is 341 g/mol. The lowest BCUT2D eigenvalue weighted by Gasteiger charge is -2.38. The zero-order valence-electron chi connectivity index (χ0n) is 14.5. The van der Waals surface area contributed by atoms with E-state index in [0.29, 0.717) is 5.56 Å². The Kier molecular flexibility index (Phi) is 4.25. The van der Waals surface area contributed by atoms with Crippen molar-refractivity contribution in [2.24, 2.45) is 12.5 Å². The van der Waals surface area contributed by atoms with E-state index in [1.54, 1.807) is 29.5 Å². The highest BCUT2D eigenvalue weighted by Crippen LogP contribution is 2.42. The second-order valence-electron chi connectivity index (χ2n) is 7.23. The number of carbonyl (C=O) groups excluding carboxylic acids is 1. The van der Waals surface area contributed by atoms with Crippen LogP contribution in [-0.4, -0.2) is 56.4 Å². The summed E-state index contributed by atoms with van der Waals surface area (Å²) in [4.78, 5) is 23.0. The zero-order chi connectivity index (χ0) is 17.3. The molecule has 1 spiro atoms. The van der Waals surface area contributed by atoms with Gasteiger partial charge < -0.3 is 9.64 Å². The minimum atomic E-state index is 0.0815. The highest BCUT2D eigenvalue weighted by Gasteiger charge is 2.43. The van der Waals surface area contributed by atoms with Crippen molar-refractivity contribution in [2.45, 2.75) is 31.8 Å². The number of piperidine rings is 1. The molecular weight excluding hydrogens is 318 g/mol. The highest BCUT2D eigenvalue weighted by atomic mass is 16.5. The number of likely N-dealkylation sites (tertiary alicyclic amines) is 1. The molecule has 132 valence electrons. The Morgan fingerprint density at radius 3 is 2.84 bits per heavy atom. The van der Waals surface area contributed by atoms with Crippen molar-refractivity contribution in [1.29, 1.82) is 0 Å². The third kappa shape index (κ3) is 3.42. The van der Waals surface area contributed by atoms with Gasteiger partial charge in [-0.15, -0.1) is 0 Å². The fourth-order valence-electron chi connectivity index (χ4n) is 3.94. The van der Waals surface area contributed by atoms with Gasteiger partial charge in [-0.2, -0.15) is 5.10 Å². The van der Waals surface area contributed by atoms with E-state index >= 15 is 0 Å².